The topological polar surface area (TPSA) is 79.9 Å². The van der Waals surface area contributed by atoms with Crippen molar-refractivity contribution in [2.24, 2.45) is 0 Å². The van der Waals surface area contributed by atoms with E-state index in [9.17, 15) is 4.79 Å². The summed E-state index contributed by atoms with van der Waals surface area (Å²) in [6.07, 6.45) is 1.60. The standard InChI is InChI=1S/C10H8N4O2S/c1-16-7-3-2-5-10(13-7)17-6-4-11-14-9(15)8(6)12-5/h2-4,12H,1H3,(H,14,15). The van der Waals surface area contributed by atoms with Crippen LogP contribution >= 0.6 is 11.8 Å². The first-order valence-electron chi connectivity index (χ1n) is 4.85. The van der Waals surface area contributed by atoms with E-state index in [1.54, 1.807) is 19.4 Å². The minimum Gasteiger partial charge on any atom is -0.481 e. The van der Waals surface area contributed by atoms with E-state index in [0.29, 0.717) is 11.6 Å². The first-order valence-corrected chi connectivity index (χ1v) is 5.67. The van der Waals surface area contributed by atoms with Gasteiger partial charge in [0, 0.05) is 6.07 Å². The van der Waals surface area contributed by atoms with Crippen LogP contribution in [0.4, 0.5) is 11.4 Å². The van der Waals surface area contributed by atoms with Gasteiger partial charge in [-0.3, -0.25) is 4.79 Å². The van der Waals surface area contributed by atoms with E-state index < -0.39 is 0 Å². The molecule has 0 aliphatic carbocycles. The van der Waals surface area contributed by atoms with Gasteiger partial charge in [0.15, 0.2) is 0 Å². The van der Waals surface area contributed by atoms with Gasteiger partial charge < -0.3 is 10.1 Å². The molecule has 1 aliphatic rings. The van der Waals surface area contributed by atoms with Crippen LogP contribution in [0.15, 0.2) is 33.0 Å². The van der Waals surface area contributed by atoms with Crippen molar-refractivity contribution in [1.82, 2.24) is 15.2 Å². The molecule has 7 heteroatoms. The Morgan fingerprint density at radius 2 is 2.29 bits per heavy atom. The van der Waals surface area contributed by atoms with E-state index in [1.807, 2.05) is 6.07 Å². The Bertz CT molecular complexity index is 640. The lowest BCUT2D eigenvalue weighted by atomic mass is 10.3. The third-order valence-electron chi connectivity index (χ3n) is 2.33. The van der Waals surface area contributed by atoms with Crippen molar-refractivity contribution >= 4 is 23.1 Å². The highest BCUT2D eigenvalue weighted by atomic mass is 32.2. The highest BCUT2D eigenvalue weighted by molar-refractivity contribution is 7.99. The van der Waals surface area contributed by atoms with Crippen LogP contribution in [-0.2, 0) is 0 Å². The van der Waals surface area contributed by atoms with E-state index in [0.717, 1.165) is 15.6 Å². The molecule has 0 radical (unpaired) electrons. The zero-order valence-corrected chi connectivity index (χ0v) is 9.67. The van der Waals surface area contributed by atoms with Crippen molar-refractivity contribution in [3.05, 3.63) is 28.7 Å². The summed E-state index contributed by atoms with van der Waals surface area (Å²) < 4.78 is 5.06. The Hall–Kier alpha value is -2.02. The summed E-state index contributed by atoms with van der Waals surface area (Å²) in [4.78, 5) is 16.6. The van der Waals surface area contributed by atoms with Crippen molar-refractivity contribution in [2.45, 2.75) is 9.92 Å². The van der Waals surface area contributed by atoms with Gasteiger partial charge in [-0.2, -0.15) is 5.10 Å². The van der Waals surface area contributed by atoms with Gasteiger partial charge in [0.2, 0.25) is 5.88 Å². The van der Waals surface area contributed by atoms with Crippen molar-refractivity contribution < 1.29 is 4.74 Å². The fourth-order valence-electron chi connectivity index (χ4n) is 1.53. The van der Waals surface area contributed by atoms with Gasteiger partial charge in [0.05, 0.1) is 23.9 Å². The summed E-state index contributed by atoms with van der Waals surface area (Å²) in [7, 11) is 1.57. The van der Waals surface area contributed by atoms with Gasteiger partial charge >= 0.3 is 0 Å². The lowest BCUT2D eigenvalue weighted by molar-refractivity contribution is 0.394. The molecule has 0 amide bonds. The van der Waals surface area contributed by atoms with Gasteiger partial charge in [-0.1, -0.05) is 11.8 Å². The molecule has 86 valence electrons. The number of anilines is 2. The molecule has 3 rings (SSSR count). The van der Waals surface area contributed by atoms with Crippen LogP contribution in [-0.4, -0.2) is 22.3 Å². The summed E-state index contributed by atoms with van der Waals surface area (Å²) in [5.74, 6) is 0.541. The molecule has 0 aromatic carbocycles. The fourth-order valence-corrected chi connectivity index (χ4v) is 2.45. The Morgan fingerprint density at radius 3 is 3.12 bits per heavy atom. The molecule has 0 bridgehead atoms. The molecule has 0 saturated carbocycles. The predicted octanol–water partition coefficient (Wildman–Crippen LogP) is 1.38. The maximum Gasteiger partial charge on any atom is 0.289 e. The molecule has 3 heterocycles. The molecule has 17 heavy (non-hydrogen) atoms. The van der Waals surface area contributed by atoms with Crippen LogP contribution in [0.1, 0.15) is 0 Å². The summed E-state index contributed by atoms with van der Waals surface area (Å²) >= 11 is 1.39. The van der Waals surface area contributed by atoms with Crippen LogP contribution < -0.4 is 15.6 Å². The third-order valence-corrected chi connectivity index (χ3v) is 3.37. The molecule has 0 fully saturated rings. The number of nitrogens with one attached hydrogen (secondary N) is 2. The number of methoxy groups -OCH3 is 1. The quantitative estimate of drug-likeness (QED) is 0.677. The predicted molar refractivity (Wildman–Crippen MR) is 63.1 cm³/mol. The van der Waals surface area contributed by atoms with E-state index in [2.05, 4.69) is 20.5 Å². The number of rotatable bonds is 1. The van der Waals surface area contributed by atoms with Crippen LogP contribution in [0, 0.1) is 0 Å². The van der Waals surface area contributed by atoms with Crippen LogP contribution in [0.5, 0.6) is 5.88 Å². The van der Waals surface area contributed by atoms with Crippen molar-refractivity contribution in [3.8, 4) is 5.88 Å². The Labute approximate surface area is 100 Å². The molecule has 0 spiro atoms. The van der Waals surface area contributed by atoms with Gasteiger partial charge in [-0.25, -0.2) is 10.1 Å². The molecular weight excluding hydrogens is 240 g/mol. The highest BCUT2D eigenvalue weighted by Gasteiger charge is 2.20. The van der Waals surface area contributed by atoms with Crippen molar-refractivity contribution in [3.63, 3.8) is 0 Å². The number of fused-ring (bicyclic) bond motifs is 2. The van der Waals surface area contributed by atoms with E-state index in [1.165, 1.54) is 11.8 Å². The second-order valence-corrected chi connectivity index (χ2v) is 4.40. The molecule has 6 nitrogen and oxygen atoms in total. The Balaban J connectivity index is 2.11. The molecule has 2 aromatic rings. The minimum atomic E-state index is -0.239. The van der Waals surface area contributed by atoms with E-state index >= 15 is 0 Å². The molecule has 0 atom stereocenters. The number of hydrogen-bond acceptors (Lipinski definition) is 6. The third kappa shape index (κ3) is 1.64. The SMILES string of the molecule is COc1ccc2c(n1)Sc1cn[nH]c(=O)c1N2. The lowest BCUT2D eigenvalue weighted by Gasteiger charge is -2.18. The molecule has 2 N–H and O–H groups in total. The van der Waals surface area contributed by atoms with Gasteiger partial charge in [-0.15, -0.1) is 0 Å². The Kier molecular flexibility index (Phi) is 2.25. The maximum atomic E-state index is 11.6. The first-order chi connectivity index (χ1) is 8.28. The van der Waals surface area contributed by atoms with Crippen molar-refractivity contribution in [1.29, 1.82) is 0 Å². The second-order valence-electron chi connectivity index (χ2n) is 3.37. The second kappa shape index (κ2) is 3.77. The van der Waals surface area contributed by atoms with Crippen LogP contribution in [0.25, 0.3) is 0 Å². The normalized spacial score (nSPS) is 12.3. The number of nitrogens with zero attached hydrogens (tertiary/aromatic N) is 2. The Morgan fingerprint density at radius 1 is 1.41 bits per heavy atom. The molecule has 1 aliphatic heterocycles. The zero-order chi connectivity index (χ0) is 11.8. The first kappa shape index (κ1) is 10.2. The smallest absolute Gasteiger partial charge is 0.289 e. The lowest BCUT2D eigenvalue weighted by Crippen LogP contribution is -2.16. The average Bonchev–Trinajstić information content (AvgIpc) is 2.36. The zero-order valence-electron chi connectivity index (χ0n) is 8.85. The van der Waals surface area contributed by atoms with Gasteiger partial charge in [0.25, 0.3) is 5.56 Å². The van der Waals surface area contributed by atoms with Crippen LogP contribution in [0.2, 0.25) is 0 Å². The van der Waals surface area contributed by atoms with E-state index in [-0.39, 0.29) is 5.56 Å². The highest BCUT2D eigenvalue weighted by Crippen LogP contribution is 2.41. The summed E-state index contributed by atoms with van der Waals surface area (Å²) in [6.45, 7) is 0. The summed E-state index contributed by atoms with van der Waals surface area (Å²) in [5.41, 5.74) is 1.06. The minimum absolute atomic E-state index is 0.239. The van der Waals surface area contributed by atoms with Gasteiger partial charge in [0.1, 0.15) is 10.7 Å². The molecular formula is C10H8N4O2S. The van der Waals surface area contributed by atoms with Crippen LogP contribution in [0.3, 0.4) is 0 Å². The maximum absolute atomic E-state index is 11.6. The number of ether oxygens (including phenoxy) is 1. The molecule has 0 unspecified atom stereocenters. The monoisotopic (exact) mass is 248 g/mol. The van der Waals surface area contributed by atoms with Gasteiger partial charge in [-0.05, 0) is 6.07 Å². The molecule has 2 aromatic heterocycles. The van der Waals surface area contributed by atoms with E-state index in [4.69, 9.17) is 4.74 Å². The van der Waals surface area contributed by atoms with Crippen molar-refractivity contribution in [2.75, 3.05) is 12.4 Å². The number of pyridine rings is 1. The number of hydrogen-bond donors (Lipinski definition) is 2. The number of aromatic amines is 1. The average molecular weight is 248 g/mol. The molecule has 0 saturated heterocycles. The summed E-state index contributed by atoms with van der Waals surface area (Å²) in [5, 5.41) is 9.95. The number of aromatic nitrogens is 3. The fraction of sp³-hybridized carbons (Fsp3) is 0.100. The largest absolute Gasteiger partial charge is 0.481 e. The summed E-state index contributed by atoms with van der Waals surface area (Å²) in [6, 6.07) is 3.57. The number of H-pyrrole nitrogens is 1.